The standard InChI is InChI=1S/C22H24FNO3/c1-27-21-5-3-2-4-16(21)8-6-15-7-13-19(22(25)26)20(14-15)24-18-11-9-17(23)10-12-18/h2-3,5,7,9,11-14,16-17,24H,4,6,8,10H2,1H3,(H,25,26). The van der Waals surface area contributed by atoms with E-state index in [-0.39, 0.29) is 5.56 Å². The lowest BCUT2D eigenvalue weighted by Crippen LogP contribution is -2.11. The van der Waals surface area contributed by atoms with E-state index in [0.29, 0.717) is 23.7 Å². The molecule has 0 heterocycles. The molecule has 0 aromatic heterocycles. The molecule has 2 atom stereocenters. The zero-order valence-electron chi connectivity index (χ0n) is 15.3. The molecular formula is C22H24FNO3. The van der Waals surface area contributed by atoms with E-state index < -0.39 is 12.1 Å². The SMILES string of the molecule is COC1=CC=CCC1CCc1ccc(C(=O)O)c(NC2=CCC(F)C=C2)c1. The lowest BCUT2D eigenvalue weighted by atomic mass is 9.91. The number of alkyl halides is 1. The lowest BCUT2D eigenvalue weighted by Gasteiger charge is -2.20. The molecule has 4 nitrogen and oxygen atoms in total. The van der Waals surface area contributed by atoms with Crippen molar-refractivity contribution in [3.63, 3.8) is 0 Å². The Bertz CT molecular complexity index is 823. The van der Waals surface area contributed by atoms with Crippen LogP contribution in [0.15, 0.2) is 66.1 Å². The van der Waals surface area contributed by atoms with Gasteiger partial charge in [0.2, 0.25) is 0 Å². The molecule has 0 spiro atoms. The Kier molecular flexibility index (Phi) is 6.12. The summed E-state index contributed by atoms with van der Waals surface area (Å²) >= 11 is 0. The summed E-state index contributed by atoms with van der Waals surface area (Å²) in [6, 6.07) is 5.35. The van der Waals surface area contributed by atoms with Crippen LogP contribution in [0.4, 0.5) is 10.1 Å². The number of hydrogen-bond acceptors (Lipinski definition) is 3. The number of anilines is 1. The highest BCUT2D eigenvalue weighted by Gasteiger charge is 2.17. The van der Waals surface area contributed by atoms with Crippen LogP contribution in [0.2, 0.25) is 0 Å². The summed E-state index contributed by atoms with van der Waals surface area (Å²) in [4.78, 5) is 11.5. The minimum atomic E-state index is -0.991. The molecule has 5 heteroatoms. The second-order valence-electron chi connectivity index (χ2n) is 6.75. The molecule has 3 rings (SSSR count). The van der Waals surface area contributed by atoms with E-state index in [1.165, 1.54) is 6.08 Å². The fourth-order valence-corrected chi connectivity index (χ4v) is 3.37. The van der Waals surface area contributed by atoms with Gasteiger partial charge < -0.3 is 15.2 Å². The second-order valence-corrected chi connectivity index (χ2v) is 6.75. The molecule has 0 radical (unpaired) electrons. The van der Waals surface area contributed by atoms with E-state index in [0.717, 1.165) is 30.6 Å². The molecule has 142 valence electrons. The molecular weight excluding hydrogens is 345 g/mol. The van der Waals surface area contributed by atoms with Gasteiger partial charge in [0.15, 0.2) is 0 Å². The third kappa shape index (κ3) is 4.88. The van der Waals surface area contributed by atoms with Crippen molar-refractivity contribution < 1.29 is 19.0 Å². The van der Waals surface area contributed by atoms with Crippen LogP contribution in [-0.4, -0.2) is 24.4 Å². The molecule has 0 amide bonds. The number of aryl methyl sites for hydroxylation is 1. The maximum absolute atomic E-state index is 13.2. The Morgan fingerprint density at radius 1 is 1.37 bits per heavy atom. The third-order valence-electron chi connectivity index (χ3n) is 4.88. The molecule has 0 aliphatic heterocycles. The summed E-state index contributed by atoms with van der Waals surface area (Å²) in [5.74, 6) is 0.326. The van der Waals surface area contributed by atoms with Crippen molar-refractivity contribution in [2.24, 2.45) is 5.92 Å². The molecule has 2 aliphatic carbocycles. The van der Waals surface area contributed by atoms with Crippen molar-refractivity contribution in [2.75, 3.05) is 12.4 Å². The lowest BCUT2D eigenvalue weighted by molar-refractivity contribution is 0.0698. The number of benzene rings is 1. The molecule has 2 aliphatic rings. The molecule has 0 fully saturated rings. The van der Waals surface area contributed by atoms with E-state index in [1.54, 1.807) is 25.3 Å². The van der Waals surface area contributed by atoms with E-state index in [9.17, 15) is 14.3 Å². The van der Waals surface area contributed by atoms with Crippen molar-refractivity contribution in [1.82, 2.24) is 0 Å². The van der Waals surface area contributed by atoms with Gasteiger partial charge in [-0.3, -0.25) is 0 Å². The Morgan fingerprint density at radius 3 is 2.93 bits per heavy atom. The fourth-order valence-electron chi connectivity index (χ4n) is 3.37. The maximum atomic E-state index is 13.2. The molecule has 0 saturated carbocycles. The van der Waals surface area contributed by atoms with Crippen LogP contribution in [0.5, 0.6) is 0 Å². The summed E-state index contributed by atoms with van der Waals surface area (Å²) in [6.45, 7) is 0. The largest absolute Gasteiger partial charge is 0.501 e. The van der Waals surface area contributed by atoms with Gasteiger partial charge in [-0.2, -0.15) is 0 Å². The highest BCUT2D eigenvalue weighted by molar-refractivity contribution is 5.94. The first-order chi connectivity index (χ1) is 13.1. The predicted molar refractivity (Wildman–Crippen MR) is 104 cm³/mol. The molecule has 0 saturated heterocycles. The van der Waals surface area contributed by atoms with Crippen LogP contribution in [0.3, 0.4) is 0 Å². The van der Waals surface area contributed by atoms with Crippen LogP contribution in [0, 0.1) is 5.92 Å². The molecule has 1 aromatic rings. The number of carbonyl (C=O) groups is 1. The van der Waals surface area contributed by atoms with Gasteiger partial charge in [-0.15, -0.1) is 0 Å². The van der Waals surface area contributed by atoms with Crippen LogP contribution in [0.1, 0.15) is 35.2 Å². The maximum Gasteiger partial charge on any atom is 0.337 e. The number of carboxylic acids is 1. The van der Waals surface area contributed by atoms with Crippen molar-refractivity contribution in [3.8, 4) is 0 Å². The van der Waals surface area contributed by atoms with Crippen molar-refractivity contribution in [1.29, 1.82) is 0 Å². The van der Waals surface area contributed by atoms with Gasteiger partial charge >= 0.3 is 5.97 Å². The zero-order valence-corrected chi connectivity index (χ0v) is 15.3. The van der Waals surface area contributed by atoms with Crippen molar-refractivity contribution in [2.45, 2.75) is 31.9 Å². The number of allylic oxidation sites excluding steroid dienone is 7. The van der Waals surface area contributed by atoms with Gasteiger partial charge in [0.25, 0.3) is 0 Å². The quantitative estimate of drug-likeness (QED) is 0.709. The van der Waals surface area contributed by atoms with Gasteiger partial charge in [-0.25, -0.2) is 9.18 Å². The van der Waals surface area contributed by atoms with E-state index >= 15 is 0 Å². The smallest absolute Gasteiger partial charge is 0.337 e. The first kappa shape index (κ1) is 19.0. The predicted octanol–water partition coefficient (Wildman–Crippen LogP) is 5.02. The molecule has 2 unspecified atom stereocenters. The van der Waals surface area contributed by atoms with Crippen molar-refractivity contribution in [3.05, 3.63) is 77.2 Å². The zero-order chi connectivity index (χ0) is 19.2. The number of halogens is 1. The normalized spacial score (nSPS) is 21.4. The average Bonchev–Trinajstić information content (AvgIpc) is 2.68. The van der Waals surface area contributed by atoms with Crippen LogP contribution in [-0.2, 0) is 11.2 Å². The second kappa shape index (κ2) is 8.71. The summed E-state index contributed by atoms with van der Waals surface area (Å²) < 4.78 is 18.7. The van der Waals surface area contributed by atoms with Crippen molar-refractivity contribution >= 4 is 11.7 Å². The van der Waals surface area contributed by atoms with Gasteiger partial charge in [-0.1, -0.05) is 24.3 Å². The third-order valence-corrected chi connectivity index (χ3v) is 4.88. The molecule has 2 N–H and O–H groups in total. The van der Waals surface area contributed by atoms with Crippen LogP contribution in [0.25, 0.3) is 0 Å². The Labute approximate surface area is 158 Å². The van der Waals surface area contributed by atoms with Gasteiger partial charge in [0.1, 0.15) is 6.17 Å². The highest BCUT2D eigenvalue weighted by Crippen LogP contribution is 2.28. The fraction of sp³-hybridized carbons (Fsp3) is 0.318. The monoisotopic (exact) mass is 369 g/mol. The van der Waals surface area contributed by atoms with Crippen LogP contribution >= 0.6 is 0 Å². The summed E-state index contributed by atoms with van der Waals surface area (Å²) in [7, 11) is 1.69. The minimum Gasteiger partial charge on any atom is -0.501 e. The first-order valence-electron chi connectivity index (χ1n) is 9.13. The summed E-state index contributed by atoms with van der Waals surface area (Å²) in [6.07, 6.45) is 13.0. The number of hydrogen-bond donors (Lipinski definition) is 2. The van der Waals surface area contributed by atoms with E-state index in [4.69, 9.17) is 4.74 Å². The Morgan fingerprint density at radius 2 is 2.22 bits per heavy atom. The molecule has 27 heavy (non-hydrogen) atoms. The number of methoxy groups -OCH3 is 1. The number of carboxylic acid groups (broad SMARTS) is 1. The van der Waals surface area contributed by atoms with E-state index in [1.807, 2.05) is 24.3 Å². The molecule has 0 bridgehead atoms. The van der Waals surface area contributed by atoms with Crippen LogP contribution < -0.4 is 5.32 Å². The number of aromatic carboxylic acids is 1. The Hall–Kier alpha value is -2.82. The summed E-state index contributed by atoms with van der Waals surface area (Å²) in [5.41, 5.74) is 2.49. The average molecular weight is 369 g/mol. The molecule has 1 aromatic carbocycles. The van der Waals surface area contributed by atoms with Gasteiger partial charge in [0.05, 0.1) is 24.1 Å². The van der Waals surface area contributed by atoms with E-state index in [2.05, 4.69) is 11.4 Å². The number of nitrogens with one attached hydrogen (secondary N) is 1. The first-order valence-corrected chi connectivity index (χ1v) is 9.13. The highest BCUT2D eigenvalue weighted by atomic mass is 19.1. The minimum absolute atomic E-state index is 0.202. The number of ether oxygens (including phenoxy) is 1. The topological polar surface area (TPSA) is 58.6 Å². The van der Waals surface area contributed by atoms with Gasteiger partial charge in [-0.05, 0) is 55.2 Å². The Balaban J connectivity index is 1.73. The summed E-state index contributed by atoms with van der Waals surface area (Å²) in [5, 5.41) is 12.6. The number of rotatable bonds is 7. The van der Waals surface area contributed by atoms with Gasteiger partial charge in [0, 0.05) is 18.0 Å².